The van der Waals surface area contributed by atoms with Crippen LogP contribution in [0.2, 0.25) is 0 Å². The molecule has 100 valence electrons. The number of nitrogens with zero attached hydrogens (tertiary/aromatic N) is 2. The highest BCUT2D eigenvalue weighted by Crippen LogP contribution is 2.21. The Bertz CT molecular complexity index is 519. The predicted octanol–water partition coefficient (Wildman–Crippen LogP) is 2.39. The van der Waals surface area contributed by atoms with E-state index in [9.17, 15) is 9.50 Å². The van der Waals surface area contributed by atoms with E-state index in [1.54, 1.807) is 18.5 Å². The lowest BCUT2D eigenvalue weighted by molar-refractivity contribution is 0.142. The number of hydrogen-bond acceptors (Lipinski definition) is 3. The van der Waals surface area contributed by atoms with E-state index in [4.69, 9.17) is 0 Å². The summed E-state index contributed by atoms with van der Waals surface area (Å²) in [6, 6.07) is 9.99. The van der Waals surface area contributed by atoms with Crippen molar-refractivity contribution in [2.24, 2.45) is 0 Å². The van der Waals surface area contributed by atoms with Gasteiger partial charge in [0.1, 0.15) is 5.82 Å². The van der Waals surface area contributed by atoms with Gasteiger partial charge in [-0.2, -0.15) is 0 Å². The number of hydrogen-bond donors (Lipinski definition) is 1. The molecule has 0 saturated heterocycles. The standard InChI is InChI=1S/C15H17FN2O/c1-18(10-12-5-7-17-8-6-12)15(11-19)13-3-2-4-14(16)9-13/h2-9,15,19H,10-11H2,1H3/t15-/m0/s1. The Labute approximate surface area is 112 Å². The Morgan fingerprint density at radius 2 is 2.00 bits per heavy atom. The predicted molar refractivity (Wildman–Crippen MR) is 71.9 cm³/mol. The highest BCUT2D eigenvalue weighted by atomic mass is 19.1. The fourth-order valence-electron chi connectivity index (χ4n) is 2.10. The van der Waals surface area contributed by atoms with Crippen molar-refractivity contribution in [2.45, 2.75) is 12.6 Å². The maximum Gasteiger partial charge on any atom is 0.123 e. The lowest BCUT2D eigenvalue weighted by Gasteiger charge is -2.26. The second-order valence-electron chi connectivity index (χ2n) is 4.52. The van der Waals surface area contributed by atoms with Crippen LogP contribution < -0.4 is 0 Å². The van der Waals surface area contributed by atoms with Gasteiger partial charge in [0, 0.05) is 18.9 Å². The molecule has 0 aliphatic carbocycles. The molecule has 2 aromatic rings. The minimum atomic E-state index is -0.284. The van der Waals surface area contributed by atoms with E-state index in [1.165, 1.54) is 12.1 Å². The fraction of sp³-hybridized carbons (Fsp3) is 0.267. The van der Waals surface area contributed by atoms with Crippen LogP contribution in [0.25, 0.3) is 0 Å². The first-order chi connectivity index (χ1) is 9.20. The average molecular weight is 260 g/mol. The minimum Gasteiger partial charge on any atom is -0.394 e. The molecule has 0 aliphatic heterocycles. The van der Waals surface area contributed by atoms with Gasteiger partial charge in [-0.15, -0.1) is 0 Å². The van der Waals surface area contributed by atoms with Crippen molar-refractivity contribution < 1.29 is 9.50 Å². The highest BCUT2D eigenvalue weighted by molar-refractivity contribution is 5.21. The van der Waals surface area contributed by atoms with Crippen LogP contribution in [0, 0.1) is 5.82 Å². The summed E-state index contributed by atoms with van der Waals surface area (Å²) in [5, 5.41) is 9.54. The van der Waals surface area contributed by atoms with Crippen LogP contribution in [-0.2, 0) is 6.54 Å². The van der Waals surface area contributed by atoms with E-state index >= 15 is 0 Å². The number of aromatic nitrogens is 1. The van der Waals surface area contributed by atoms with Gasteiger partial charge >= 0.3 is 0 Å². The molecule has 4 heteroatoms. The molecule has 1 aromatic heterocycles. The molecule has 0 aliphatic rings. The second-order valence-corrected chi connectivity index (χ2v) is 4.52. The number of rotatable bonds is 5. The van der Waals surface area contributed by atoms with Crippen LogP contribution in [0.1, 0.15) is 17.2 Å². The molecular formula is C15H17FN2O. The summed E-state index contributed by atoms with van der Waals surface area (Å²) >= 11 is 0. The molecule has 3 nitrogen and oxygen atoms in total. The zero-order chi connectivity index (χ0) is 13.7. The van der Waals surface area contributed by atoms with Crippen molar-refractivity contribution in [3.8, 4) is 0 Å². The third-order valence-electron chi connectivity index (χ3n) is 3.12. The van der Waals surface area contributed by atoms with Gasteiger partial charge in [0.05, 0.1) is 12.6 Å². The zero-order valence-corrected chi connectivity index (χ0v) is 10.8. The quantitative estimate of drug-likeness (QED) is 0.896. The molecule has 0 saturated carbocycles. The zero-order valence-electron chi connectivity index (χ0n) is 10.8. The minimum absolute atomic E-state index is 0.0506. The molecule has 1 atom stereocenters. The Balaban J connectivity index is 2.13. The number of pyridine rings is 1. The molecule has 2 rings (SSSR count). The monoisotopic (exact) mass is 260 g/mol. The summed E-state index contributed by atoms with van der Waals surface area (Å²) < 4.78 is 13.2. The van der Waals surface area contributed by atoms with Gasteiger partial charge in [-0.3, -0.25) is 9.88 Å². The van der Waals surface area contributed by atoms with Crippen LogP contribution in [0.5, 0.6) is 0 Å². The topological polar surface area (TPSA) is 36.4 Å². The van der Waals surface area contributed by atoms with Crippen molar-refractivity contribution in [1.29, 1.82) is 0 Å². The molecule has 0 fully saturated rings. The molecule has 0 bridgehead atoms. The molecule has 0 radical (unpaired) electrons. The van der Waals surface area contributed by atoms with Crippen LogP contribution in [0.15, 0.2) is 48.8 Å². The normalized spacial score (nSPS) is 12.6. The van der Waals surface area contributed by atoms with E-state index in [0.717, 1.165) is 11.1 Å². The fourth-order valence-corrected chi connectivity index (χ4v) is 2.10. The first-order valence-electron chi connectivity index (χ1n) is 6.16. The van der Waals surface area contributed by atoms with Gasteiger partial charge in [-0.05, 0) is 42.4 Å². The lowest BCUT2D eigenvalue weighted by Crippen LogP contribution is -2.27. The van der Waals surface area contributed by atoms with Crippen molar-refractivity contribution in [3.05, 3.63) is 65.7 Å². The Kier molecular flexibility index (Phi) is 4.60. The van der Waals surface area contributed by atoms with E-state index in [-0.39, 0.29) is 18.5 Å². The molecule has 19 heavy (non-hydrogen) atoms. The summed E-state index contributed by atoms with van der Waals surface area (Å²) in [6.45, 7) is 0.620. The third kappa shape index (κ3) is 3.59. The van der Waals surface area contributed by atoms with E-state index in [2.05, 4.69) is 4.98 Å². The second kappa shape index (κ2) is 6.41. The molecule has 1 heterocycles. The Hall–Kier alpha value is -1.78. The van der Waals surface area contributed by atoms with Gasteiger partial charge in [0.15, 0.2) is 0 Å². The van der Waals surface area contributed by atoms with Crippen LogP contribution in [0.3, 0.4) is 0 Å². The number of aliphatic hydroxyl groups excluding tert-OH is 1. The number of aliphatic hydroxyl groups is 1. The van der Waals surface area contributed by atoms with Gasteiger partial charge in [-0.1, -0.05) is 12.1 Å². The summed E-state index contributed by atoms with van der Waals surface area (Å²) in [5.41, 5.74) is 1.88. The lowest BCUT2D eigenvalue weighted by atomic mass is 10.1. The van der Waals surface area contributed by atoms with Crippen molar-refractivity contribution in [1.82, 2.24) is 9.88 Å². The van der Waals surface area contributed by atoms with Gasteiger partial charge in [-0.25, -0.2) is 4.39 Å². The molecule has 1 aromatic carbocycles. The molecule has 1 N–H and O–H groups in total. The average Bonchev–Trinajstić information content (AvgIpc) is 2.41. The van der Waals surface area contributed by atoms with Crippen LogP contribution >= 0.6 is 0 Å². The van der Waals surface area contributed by atoms with Crippen molar-refractivity contribution in [3.63, 3.8) is 0 Å². The van der Waals surface area contributed by atoms with Crippen LogP contribution in [-0.4, -0.2) is 28.6 Å². The molecule has 0 spiro atoms. The number of halogens is 1. The maximum atomic E-state index is 13.2. The van der Waals surface area contributed by atoms with E-state index in [0.29, 0.717) is 6.54 Å². The number of benzene rings is 1. The molecular weight excluding hydrogens is 243 g/mol. The van der Waals surface area contributed by atoms with E-state index < -0.39 is 0 Å². The first kappa shape index (κ1) is 13.6. The Morgan fingerprint density at radius 3 is 2.63 bits per heavy atom. The van der Waals surface area contributed by atoms with Crippen LogP contribution in [0.4, 0.5) is 4.39 Å². The number of likely N-dealkylation sites (N-methyl/N-ethyl adjacent to an activating group) is 1. The first-order valence-corrected chi connectivity index (χ1v) is 6.16. The third-order valence-corrected chi connectivity index (χ3v) is 3.12. The van der Waals surface area contributed by atoms with Gasteiger partial charge in [0.2, 0.25) is 0 Å². The SMILES string of the molecule is CN(Cc1ccncc1)[C@@H](CO)c1cccc(F)c1. The largest absolute Gasteiger partial charge is 0.394 e. The van der Waals surface area contributed by atoms with Crippen molar-refractivity contribution in [2.75, 3.05) is 13.7 Å². The van der Waals surface area contributed by atoms with Gasteiger partial charge in [0.25, 0.3) is 0 Å². The Morgan fingerprint density at radius 1 is 1.26 bits per heavy atom. The highest BCUT2D eigenvalue weighted by Gasteiger charge is 2.16. The molecule has 0 amide bonds. The van der Waals surface area contributed by atoms with Crippen molar-refractivity contribution >= 4 is 0 Å². The molecule has 0 unspecified atom stereocenters. The summed E-state index contributed by atoms with van der Waals surface area (Å²) in [4.78, 5) is 5.96. The van der Waals surface area contributed by atoms with E-state index in [1.807, 2.05) is 30.1 Å². The summed E-state index contributed by atoms with van der Waals surface area (Å²) in [5.74, 6) is -0.284. The maximum absolute atomic E-state index is 13.2. The summed E-state index contributed by atoms with van der Waals surface area (Å²) in [6.07, 6.45) is 3.47. The summed E-state index contributed by atoms with van der Waals surface area (Å²) in [7, 11) is 1.91. The smallest absolute Gasteiger partial charge is 0.123 e. The van der Waals surface area contributed by atoms with Gasteiger partial charge < -0.3 is 5.11 Å².